The quantitative estimate of drug-likeness (QED) is 0.305. The third-order valence-corrected chi connectivity index (χ3v) is 9.30. The molecule has 2 aliphatic heterocycles. The summed E-state index contributed by atoms with van der Waals surface area (Å²) >= 11 is 5.96. The molecule has 0 radical (unpaired) electrons. The van der Waals surface area contributed by atoms with E-state index in [4.69, 9.17) is 17.3 Å². The molecule has 2 aliphatic rings. The van der Waals surface area contributed by atoms with E-state index in [-0.39, 0.29) is 35.2 Å². The maximum atomic E-state index is 14.7. The fourth-order valence-corrected chi connectivity index (χ4v) is 6.69. The van der Waals surface area contributed by atoms with Gasteiger partial charge in [0.05, 0.1) is 11.2 Å². The van der Waals surface area contributed by atoms with Crippen molar-refractivity contribution in [3.63, 3.8) is 0 Å². The van der Waals surface area contributed by atoms with Crippen LogP contribution in [0.5, 0.6) is 0 Å². The Labute approximate surface area is 271 Å². The number of carbonyl (C=O) groups is 3. The molecule has 0 bridgehead atoms. The van der Waals surface area contributed by atoms with Gasteiger partial charge in [0.2, 0.25) is 5.91 Å². The molecule has 0 unspecified atom stereocenters. The van der Waals surface area contributed by atoms with Gasteiger partial charge in [-0.3, -0.25) is 14.4 Å². The molecule has 0 saturated carbocycles. The SMILES string of the molecule is CN(C)C1CCN(c2cccc3c2CCN(C(=O)c2cn(-c4cccc(Cl)c4F)nn2)[C@H]3C(=O)Cc2ccc(C(N)=O)cc2)CC1. The summed E-state index contributed by atoms with van der Waals surface area (Å²) in [4.78, 5) is 46.0. The summed E-state index contributed by atoms with van der Waals surface area (Å²) in [5, 5.41) is 7.97. The Morgan fingerprint density at radius 2 is 1.67 bits per heavy atom. The van der Waals surface area contributed by atoms with Crippen LogP contribution in [0.25, 0.3) is 5.69 Å². The van der Waals surface area contributed by atoms with Gasteiger partial charge in [0.15, 0.2) is 17.3 Å². The largest absolute Gasteiger partial charge is 0.371 e. The molecule has 10 nitrogen and oxygen atoms in total. The van der Waals surface area contributed by atoms with Gasteiger partial charge in [-0.15, -0.1) is 5.10 Å². The number of halogens is 2. The molecule has 1 aromatic heterocycles. The summed E-state index contributed by atoms with van der Waals surface area (Å²) in [5.41, 5.74) is 9.39. The van der Waals surface area contributed by atoms with Crippen LogP contribution in [0.1, 0.15) is 56.4 Å². The fraction of sp³-hybridized carbons (Fsp3) is 0.324. The van der Waals surface area contributed by atoms with Crippen LogP contribution in [-0.4, -0.2) is 82.2 Å². The molecule has 4 aromatic rings. The second kappa shape index (κ2) is 13.0. The van der Waals surface area contributed by atoms with Crippen LogP contribution in [0.2, 0.25) is 5.02 Å². The fourth-order valence-electron chi connectivity index (χ4n) is 6.52. The minimum absolute atomic E-state index is 0.0200. The predicted molar refractivity (Wildman–Crippen MR) is 173 cm³/mol. The zero-order chi connectivity index (χ0) is 32.5. The number of fused-ring (bicyclic) bond motifs is 1. The summed E-state index contributed by atoms with van der Waals surface area (Å²) in [5.74, 6) is -1.90. The van der Waals surface area contributed by atoms with Gasteiger partial charge in [-0.25, -0.2) is 9.07 Å². The van der Waals surface area contributed by atoms with Gasteiger partial charge in [0, 0.05) is 43.3 Å². The standard InChI is InChI=1S/C34H35ClFN7O3/c1-40(2)23-13-16-41(17-14-23)28-7-3-5-25-24(28)15-18-42(32(25)30(44)19-21-9-11-22(12-10-21)33(37)45)34(46)27-20-43(39-38-27)29-8-4-6-26(35)31(29)36/h3-12,20,23,32H,13-19H2,1-2H3,(H2,37,45)/t32-/m1/s1. The number of carbonyl (C=O) groups excluding carboxylic acids is 3. The molecule has 3 heterocycles. The van der Waals surface area contributed by atoms with Crippen LogP contribution < -0.4 is 10.6 Å². The number of hydrogen-bond donors (Lipinski definition) is 1. The Bertz CT molecular complexity index is 1780. The number of primary amides is 1. The number of nitrogens with zero attached hydrogens (tertiary/aromatic N) is 6. The second-order valence-corrected chi connectivity index (χ2v) is 12.4. The molecule has 238 valence electrons. The number of benzene rings is 3. The summed E-state index contributed by atoms with van der Waals surface area (Å²) < 4.78 is 15.9. The molecule has 2 N–H and O–H groups in total. The number of nitrogens with two attached hydrogens (primary N) is 1. The number of Topliss-reactive ketones (excluding diaryl/α,β-unsaturated/α-hetero) is 1. The Kier molecular flexibility index (Phi) is 8.88. The predicted octanol–water partition coefficient (Wildman–Crippen LogP) is 4.24. The van der Waals surface area contributed by atoms with E-state index in [9.17, 15) is 18.8 Å². The Hall–Kier alpha value is -4.61. The lowest BCUT2D eigenvalue weighted by molar-refractivity contribution is -0.123. The molecule has 1 atom stereocenters. The Morgan fingerprint density at radius 3 is 2.37 bits per heavy atom. The summed E-state index contributed by atoms with van der Waals surface area (Å²) in [6, 6.07) is 16.7. The average Bonchev–Trinajstić information content (AvgIpc) is 3.55. The number of rotatable bonds is 8. The van der Waals surface area contributed by atoms with Gasteiger partial charge in [-0.1, -0.05) is 47.1 Å². The number of piperidine rings is 1. The van der Waals surface area contributed by atoms with Crippen molar-refractivity contribution in [1.82, 2.24) is 24.8 Å². The molecule has 0 spiro atoms. The van der Waals surface area contributed by atoms with Crippen LogP contribution >= 0.6 is 11.6 Å². The van der Waals surface area contributed by atoms with Crippen molar-refractivity contribution in [2.24, 2.45) is 5.73 Å². The third kappa shape index (κ3) is 6.12. The van der Waals surface area contributed by atoms with Gasteiger partial charge < -0.3 is 20.4 Å². The molecule has 46 heavy (non-hydrogen) atoms. The average molecular weight is 644 g/mol. The van der Waals surface area contributed by atoms with Crippen LogP contribution in [0.4, 0.5) is 10.1 Å². The Balaban J connectivity index is 1.34. The zero-order valence-corrected chi connectivity index (χ0v) is 26.5. The van der Waals surface area contributed by atoms with E-state index in [1.807, 2.05) is 12.1 Å². The highest BCUT2D eigenvalue weighted by Crippen LogP contribution is 2.38. The molecule has 3 aromatic carbocycles. The molecular weight excluding hydrogens is 609 g/mol. The van der Waals surface area contributed by atoms with Gasteiger partial charge in [0.25, 0.3) is 5.91 Å². The molecule has 2 amide bonds. The number of hydrogen-bond acceptors (Lipinski definition) is 7. The number of aromatic nitrogens is 3. The van der Waals surface area contributed by atoms with E-state index in [0.29, 0.717) is 23.6 Å². The molecule has 12 heteroatoms. The maximum absolute atomic E-state index is 14.7. The van der Waals surface area contributed by atoms with E-state index in [1.165, 1.54) is 27.9 Å². The molecule has 6 rings (SSSR count). The van der Waals surface area contributed by atoms with Crippen molar-refractivity contribution in [2.45, 2.75) is 37.8 Å². The summed E-state index contributed by atoms with van der Waals surface area (Å²) in [6.45, 7) is 2.08. The van der Waals surface area contributed by atoms with Crippen LogP contribution in [0.15, 0.2) is 66.9 Å². The van der Waals surface area contributed by atoms with Crippen molar-refractivity contribution in [2.75, 3.05) is 38.6 Å². The van der Waals surface area contributed by atoms with Gasteiger partial charge in [-0.2, -0.15) is 0 Å². The highest BCUT2D eigenvalue weighted by atomic mass is 35.5. The van der Waals surface area contributed by atoms with Crippen LogP contribution in [0, 0.1) is 5.82 Å². The number of amides is 2. The minimum Gasteiger partial charge on any atom is -0.371 e. The van der Waals surface area contributed by atoms with Crippen molar-refractivity contribution in [3.05, 3.63) is 106 Å². The molecule has 0 aliphatic carbocycles. The van der Waals surface area contributed by atoms with Gasteiger partial charge >= 0.3 is 0 Å². The lowest BCUT2D eigenvalue weighted by Gasteiger charge is -2.41. The summed E-state index contributed by atoms with van der Waals surface area (Å²) in [6.07, 6.45) is 4.01. The van der Waals surface area contributed by atoms with Crippen molar-refractivity contribution in [1.29, 1.82) is 0 Å². The molecule has 1 saturated heterocycles. The van der Waals surface area contributed by atoms with E-state index in [2.05, 4.69) is 40.3 Å². The lowest BCUT2D eigenvalue weighted by Crippen LogP contribution is -2.46. The smallest absolute Gasteiger partial charge is 0.276 e. The number of anilines is 1. The monoisotopic (exact) mass is 643 g/mol. The van der Waals surface area contributed by atoms with E-state index in [0.717, 1.165) is 42.7 Å². The van der Waals surface area contributed by atoms with Crippen LogP contribution in [0.3, 0.4) is 0 Å². The minimum atomic E-state index is -0.889. The highest BCUT2D eigenvalue weighted by molar-refractivity contribution is 6.30. The highest BCUT2D eigenvalue weighted by Gasteiger charge is 2.38. The van der Waals surface area contributed by atoms with Crippen molar-refractivity contribution in [3.8, 4) is 5.69 Å². The van der Waals surface area contributed by atoms with E-state index in [1.54, 1.807) is 30.3 Å². The summed E-state index contributed by atoms with van der Waals surface area (Å²) in [7, 11) is 4.22. The second-order valence-electron chi connectivity index (χ2n) is 12.0. The van der Waals surface area contributed by atoms with Gasteiger partial charge in [-0.05, 0) is 80.4 Å². The van der Waals surface area contributed by atoms with Crippen molar-refractivity contribution >= 4 is 34.9 Å². The van der Waals surface area contributed by atoms with Crippen LogP contribution in [-0.2, 0) is 17.6 Å². The first-order valence-corrected chi connectivity index (χ1v) is 15.6. The normalized spacial score (nSPS) is 16.8. The topological polar surface area (TPSA) is 118 Å². The maximum Gasteiger partial charge on any atom is 0.276 e. The van der Waals surface area contributed by atoms with Gasteiger partial charge in [0.1, 0.15) is 11.7 Å². The first-order chi connectivity index (χ1) is 22.1. The number of ketones is 1. The molecular formula is C34H35ClFN7O3. The zero-order valence-electron chi connectivity index (χ0n) is 25.7. The molecule has 1 fully saturated rings. The first kappa shape index (κ1) is 31.4. The lowest BCUT2D eigenvalue weighted by atomic mass is 9.86. The third-order valence-electron chi connectivity index (χ3n) is 9.01. The van der Waals surface area contributed by atoms with E-state index < -0.39 is 23.7 Å². The van der Waals surface area contributed by atoms with E-state index >= 15 is 0 Å². The Morgan fingerprint density at radius 1 is 0.978 bits per heavy atom. The first-order valence-electron chi connectivity index (χ1n) is 15.2. The van der Waals surface area contributed by atoms with Crippen molar-refractivity contribution < 1.29 is 18.8 Å².